The number of hydrogen-bond acceptors (Lipinski definition) is 3. The van der Waals surface area contributed by atoms with Gasteiger partial charge in [-0.2, -0.15) is 0 Å². The van der Waals surface area contributed by atoms with Gasteiger partial charge in [0.1, 0.15) is 10.1 Å². The van der Waals surface area contributed by atoms with E-state index in [9.17, 15) is 9.59 Å². The van der Waals surface area contributed by atoms with Crippen LogP contribution in [0.15, 0.2) is 54.6 Å². The minimum absolute atomic E-state index is 0.226. The van der Waals surface area contributed by atoms with Gasteiger partial charge in [-0.25, -0.2) is 0 Å². The number of hydrazine groups is 1. The van der Waals surface area contributed by atoms with Crippen molar-refractivity contribution in [3.63, 3.8) is 0 Å². The topological polar surface area (TPSA) is 67.4 Å². The Labute approximate surface area is 168 Å². The number of amides is 2. The van der Waals surface area contributed by atoms with E-state index in [2.05, 4.69) is 10.9 Å². The number of ether oxygens (including phenoxy) is 1. The van der Waals surface area contributed by atoms with Crippen molar-refractivity contribution in [1.29, 1.82) is 0 Å². The average molecular weight is 407 g/mol. The second kappa shape index (κ2) is 7.79. The molecule has 1 aliphatic carbocycles. The molecule has 0 aromatic heterocycles. The molecule has 2 aromatic rings. The molecule has 27 heavy (non-hydrogen) atoms. The van der Waals surface area contributed by atoms with E-state index in [1.165, 1.54) is 0 Å². The molecule has 2 amide bonds. The molecule has 5 nitrogen and oxygen atoms in total. The zero-order valence-corrected chi connectivity index (χ0v) is 16.3. The molecule has 2 aromatic carbocycles. The molecule has 0 bridgehead atoms. The predicted octanol–water partition coefficient (Wildman–Crippen LogP) is 3.39. The number of alkyl halides is 2. The summed E-state index contributed by atoms with van der Waals surface area (Å²) in [6, 6.07) is 17.5. The number of carbonyl (C=O) groups is 2. The first-order valence-corrected chi connectivity index (χ1v) is 9.29. The van der Waals surface area contributed by atoms with Gasteiger partial charge in [-0.15, -0.1) is 23.2 Å². The maximum Gasteiger partial charge on any atom is 0.276 e. The third-order valence-electron chi connectivity index (χ3n) is 4.64. The van der Waals surface area contributed by atoms with Gasteiger partial charge in [0.15, 0.2) is 6.61 Å². The molecule has 0 saturated heterocycles. The van der Waals surface area contributed by atoms with Crippen LogP contribution in [0.4, 0.5) is 0 Å². The summed E-state index contributed by atoms with van der Waals surface area (Å²) in [6.07, 6.45) is 1.04. The van der Waals surface area contributed by atoms with Gasteiger partial charge < -0.3 is 4.74 Å². The van der Waals surface area contributed by atoms with Crippen LogP contribution in [-0.4, -0.2) is 22.8 Å². The monoisotopic (exact) mass is 406 g/mol. The van der Waals surface area contributed by atoms with Crippen molar-refractivity contribution in [1.82, 2.24) is 10.9 Å². The van der Waals surface area contributed by atoms with Gasteiger partial charge in [0.2, 0.25) is 5.91 Å². The number of benzene rings is 2. The Hall–Kier alpha value is -2.24. The second-order valence-electron chi connectivity index (χ2n) is 6.77. The maximum atomic E-state index is 12.0. The molecule has 1 aliphatic rings. The Morgan fingerprint density at radius 2 is 1.67 bits per heavy atom. The Bertz CT molecular complexity index is 842. The fraction of sp³-hybridized carbons (Fsp3) is 0.300. The first kappa shape index (κ1) is 19.5. The van der Waals surface area contributed by atoms with Crippen molar-refractivity contribution in [2.24, 2.45) is 5.41 Å². The van der Waals surface area contributed by atoms with Crippen molar-refractivity contribution >= 4 is 35.0 Å². The van der Waals surface area contributed by atoms with Crippen molar-refractivity contribution in [2.75, 3.05) is 6.61 Å². The second-order valence-corrected chi connectivity index (χ2v) is 8.26. The number of hydrogen-bond donors (Lipinski definition) is 2. The summed E-state index contributed by atoms with van der Waals surface area (Å²) in [5.41, 5.74) is 5.89. The van der Waals surface area contributed by atoms with Crippen LogP contribution in [0.25, 0.3) is 0 Å². The summed E-state index contributed by atoms with van der Waals surface area (Å²) in [6.45, 7) is 1.42. The number of halogens is 2. The van der Waals surface area contributed by atoms with Crippen LogP contribution in [0.2, 0.25) is 0 Å². The van der Waals surface area contributed by atoms with Crippen LogP contribution >= 0.6 is 23.2 Å². The zero-order valence-electron chi connectivity index (χ0n) is 14.8. The summed E-state index contributed by atoms with van der Waals surface area (Å²) in [7, 11) is 0. The molecule has 1 fully saturated rings. The van der Waals surface area contributed by atoms with Gasteiger partial charge in [-0.3, -0.25) is 20.4 Å². The maximum absolute atomic E-state index is 12.0. The van der Waals surface area contributed by atoms with Crippen LogP contribution in [0.3, 0.4) is 0 Å². The molecule has 0 aliphatic heterocycles. The van der Waals surface area contributed by atoms with E-state index in [0.717, 1.165) is 11.1 Å². The van der Waals surface area contributed by atoms with Crippen LogP contribution < -0.4 is 15.6 Å². The van der Waals surface area contributed by atoms with E-state index >= 15 is 0 Å². The quantitative estimate of drug-likeness (QED) is 0.570. The van der Waals surface area contributed by atoms with E-state index in [-0.39, 0.29) is 6.61 Å². The minimum Gasteiger partial charge on any atom is -0.483 e. The molecule has 0 heterocycles. The minimum atomic E-state index is -1.09. The molecule has 1 unspecified atom stereocenters. The van der Waals surface area contributed by atoms with Crippen molar-refractivity contribution in [2.45, 2.75) is 24.1 Å². The van der Waals surface area contributed by atoms with E-state index in [4.69, 9.17) is 27.9 Å². The molecular formula is C20H20Cl2N2O3. The lowest BCUT2D eigenvalue weighted by molar-refractivity contribution is -0.132. The largest absolute Gasteiger partial charge is 0.483 e. The van der Waals surface area contributed by atoms with E-state index in [0.29, 0.717) is 18.6 Å². The van der Waals surface area contributed by atoms with Crippen LogP contribution in [0.1, 0.15) is 24.5 Å². The molecule has 1 atom stereocenters. The van der Waals surface area contributed by atoms with Crippen molar-refractivity contribution in [3.8, 4) is 5.75 Å². The summed E-state index contributed by atoms with van der Waals surface area (Å²) in [4.78, 5) is 24.0. The molecule has 0 radical (unpaired) electrons. The smallest absolute Gasteiger partial charge is 0.276 e. The molecule has 7 heteroatoms. The molecule has 2 N–H and O–H groups in total. The molecule has 1 saturated carbocycles. The third kappa shape index (κ3) is 4.54. The normalized spacial score (nSPS) is 19.8. The summed E-state index contributed by atoms with van der Waals surface area (Å²) in [5, 5.41) is 0. The molecule has 3 rings (SSSR count). The predicted molar refractivity (Wildman–Crippen MR) is 105 cm³/mol. The Kier molecular flexibility index (Phi) is 5.63. The average Bonchev–Trinajstić information content (AvgIpc) is 3.19. The fourth-order valence-corrected chi connectivity index (χ4v) is 3.40. The van der Waals surface area contributed by atoms with Gasteiger partial charge >= 0.3 is 0 Å². The molecular weight excluding hydrogens is 387 g/mol. The SMILES string of the molecule is CC1(C(=O)NNC(=O)COc2ccccc2Cc2ccccc2)CC1(Cl)Cl. The van der Waals surface area contributed by atoms with Gasteiger partial charge in [-0.1, -0.05) is 48.5 Å². The molecule has 142 valence electrons. The van der Waals surface area contributed by atoms with Crippen LogP contribution in [-0.2, 0) is 16.0 Å². The number of nitrogens with one attached hydrogen (secondary N) is 2. The highest BCUT2D eigenvalue weighted by molar-refractivity contribution is 6.53. The van der Waals surface area contributed by atoms with Gasteiger partial charge in [0.25, 0.3) is 5.91 Å². The highest BCUT2D eigenvalue weighted by Crippen LogP contribution is 2.63. The number of carbonyl (C=O) groups excluding carboxylic acids is 2. The van der Waals surface area contributed by atoms with Gasteiger partial charge in [-0.05, 0) is 30.5 Å². The Morgan fingerprint density at radius 3 is 2.33 bits per heavy atom. The highest BCUT2D eigenvalue weighted by atomic mass is 35.5. The van der Waals surface area contributed by atoms with Crippen LogP contribution in [0.5, 0.6) is 5.75 Å². The fourth-order valence-electron chi connectivity index (χ4n) is 2.70. The first-order valence-electron chi connectivity index (χ1n) is 8.53. The van der Waals surface area contributed by atoms with E-state index in [1.807, 2.05) is 54.6 Å². The lowest BCUT2D eigenvalue weighted by Crippen LogP contribution is -2.47. The van der Waals surface area contributed by atoms with Crippen molar-refractivity contribution < 1.29 is 14.3 Å². The Balaban J connectivity index is 1.51. The van der Waals surface area contributed by atoms with Gasteiger partial charge in [0.05, 0.1) is 5.41 Å². The lowest BCUT2D eigenvalue weighted by atomic mass is 10.0. The first-order chi connectivity index (χ1) is 12.8. The highest BCUT2D eigenvalue weighted by Gasteiger charge is 2.68. The Morgan fingerprint density at radius 1 is 1.04 bits per heavy atom. The number of para-hydroxylation sites is 1. The number of rotatable bonds is 6. The summed E-state index contributed by atoms with van der Waals surface area (Å²) in [5.74, 6) is -0.278. The summed E-state index contributed by atoms with van der Waals surface area (Å²) >= 11 is 11.9. The van der Waals surface area contributed by atoms with Crippen LogP contribution in [0, 0.1) is 5.41 Å². The third-order valence-corrected chi connectivity index (χ3v) is 5.74. The lowest BCUT2D eigenvalue weighted by Gasteiger charge is -2.14. The summed E-state index contributed by atoms with van der Waals surface area (Å²) < 4.78 is 4.54. The van der Waals surface area contributed by atoms with Crippen molar-refractivity contribution in [3.05, 3.63) is 65.7 Å². The van der Waals surface area contributed by atoms with Gasteiger partial charge in [0, 0.05) is 6.42 Å². The zero-order chi connectivity index (χ0) is 19.5. The standard InChI is InChI=1S/C20H20Cl2N2O3/c1-19(13-20(19,21)22)18(26)24-23-17(25)12-27-16-10-6-5-9-15(16)11-14-7-3-2-4-8-14/h2-10H,11-13H2,1H3,(H,23,25)(H,24,26). The molecule has 0 spiro atoms. The van der Waals surface area contributed by atoms with E-state index in [1.54, 1.807) is 6.92 Å². The van der Waals surface area contributed by atoms with E-state index < -0.39 is 21.6 Å².